The van der Waals surface area contributed by atoms with Crippen molar-refractivity contribution in [2.75, 3.05) is 0 Å². The van der Waals surface area contributed by atoms with Crippen LogP contribution in [0.15, 0.2) is 0 Å². The SMILES string of the molecule is CC(C)O.[O]=[Al]. The summed E-state index contributed by atoms with van der Waals surface area (Å²) in [5.74, 6) is 0. The van der Waals surface area contributed by atoms with Gasteiger partial charge < -0.3 is 5.11 Å². The Balaban J connectivity index is 0. The molecule has 0 aromatic carbocycles. The summed E-state index contributed by atoms with van der Waals surface area (Å²) in [6.07, 6.45) is -0.167. The van der Waals surface area contributed by atoms with E-state index in [1.54, 1.807) is 13.8 Å². The molecule has 0 bridgehead atoms. The summed E-state index contributed by atoms with van der Waals surface area (Å²) < 4.78 is 8.17. The topological polar surface area (TPSA) is 37.3 Å². The molecule has 0 aliphatic rings. The second-order valence-corrected chi connectivity index (χ2v) is 1.09. The average molecular weight is 103 g/mol. The Bertz CT molecular complexity index is 20.0. The van der Waals surface area contributed by atoms with Crippen LogP contribution in [0.3, 0.4) is 0 Å². The van der Waals surface area contributed by atoms with Gasteiger partial charge in [-0.25, -0.2) is 0 Å². The van der Waals surface area contributed by atoms with Gasteiger partial charge in [0.15, 0.2) is 0 Å². The normalized spacial score (nSPS) is 6.50. The molecule has 0 aromatic rings. The summed E-state index contributed by atoms with van der Waals surface area (Å²) in [6, 6.07) is 0. The van der Waals surface area contributed by atoms with Crippen molar-refractivity contribution in [1.29, 1.82) is 0 Å². The predicted molar refractivity (Wildman–Crippen MR) is 23.8 cm³/mol. The van der Waals surface area contributed by atoms with E-state index in [0.717, 1.165) is 0 Å². The van der Waals surface area contributed by atoms with Crippen LogP contribution in [0.25, 0.3) is 0 Å². The van der Waals surface area contributed by atoms with Crippen molar-refractivity contribution in [2.24, 2.45) is 0 Å². The standard InChI is InChI=1S/C3H8O.Al.O/c1-3(2)4;;/h3-4H,1-2H3;;. The van der Waals surface area contributed by atoms with Crippen LogP contribution >= 0.6 is 0 Å². The van der Waals surface area contributed by atoms with Crippen molar-refractivity contribution in [3.8, 4) is 0 Å². The van der Waals surface area contributed by atoms with Gasteiger partial charge in [-0.2, -0.15) is 0 Å². The van der Waals surface area contributed by atoms with Crippen LogP contribution in [0.2, 0.25) is 0 Å². The monoisotopic (exact) mass is 103 g/mol. The van der Waals surface area contributed by atoms with Crippen LogP contribution in [0.4, 0.5) is 0 Å². The summed E-state index contributed by atoms with van der Waals surface area (Å²) in [5.41, 5.74) is 0. The summed E-state index contributed by atoms with van der Waals surface area (Å²) in [6.45, 7) is 3.44. The minimum atomic E-state index is -0.167. The van der Waals surface area contributed by atoms with Gasteiger partial charge in [0, 0.05) is 6.10 Å². The van der Waals surface area contributed by atoms with Gasteiger partial charge in [-0.05, 0) is 13.8 Å². The molecule has 1 radical (unpaired) electrons. The van der Waals surface area contributed by atoms with Crippen molar-refractivity contribution < 1.29 is 8.91 Å². The fraction of sp³-hybridized carbons (Fsp3) is 1.00. The van der Waals surface area contributed by atoms with E-state index in [1.807, 2.05) is 0 Å². The second-order valence-electron chi connectivity index (χ2n) is 1.09. The Morgan fingerprint density at radius 3 is 1.50 bits per heavy atom. The fourth-order valence-corrected chi connectivity index (χ4v) is 0. The van der Waals surface area contributed by atoms with Crippen LogP contribution in [0, 0.1) is 0 Å². The van der Waals surface area contributed by atoms with Gasteiger partial charge in [0.25, 0.3) is 0 Å². The third-order valence-electron chi connectivity index (χ3n) is 0. The number of hydrogen-bond donors (Lipinski definition) is 1. The summed E-state index contributed by atoms with van der Waals surface area (Å²) >= 11 is 1.17. The summed E-state index contributed by atoms with van der Waals surface area (Å²) in [7, 11) is 0. The molecular weight excluding hydrogens is 95.0 g/mol. The first-order chi connectivity index (χ1) is 2.73. The van der Waals surface area contributed by atoms with Crippen molar-refractivity contribution in [1.82, 2.24) is 0 Å². The van der Waals surface area contributed by atoms with E-state index in [2.05, 4.69) is 0 Å². The van der Waals surface area contributed by atoms with E-state index < -0.39 is 0 Å². The van der Waals surface area contributed by atoms with Crippen molar-refractivity contribution in [2.45, 2.75) is 20.0 Å². The first-order valence-corrected chi connectivity index (χ1v) is 2.12. The third kappa shape index (κ3) is 544. The number of rotatable bonds is 0. The molecule has 0 spiro atoms. The summed E-state index contributed by atoms with van der Waals surface area (Å²) in [5, 5.41) is 8.06. The molecule has 0 saturated carbocycles. The van der Waals surface area contributed by atoms with Gasteiger partial charge >= 0.3 is 20.0 Å². The Kier molecular flexibility index (Phi) is 14.3. The maximum atomic E-state index is 8.17. The van der Waals surface area contributed by atoms with Gasteiger partial charge in [0.2, 0.25) is 0 Å². The molecule has 0 aliphatic heterocycles. The molecule has 0 aliphatic carbocycles. The molecule has 0 atom stereocenters. The average Bonchev–Trinajstić information content (AvgIpc) is 1.41. The molecule has 3 heteroatoms. The van der Waals surface area contributed by atoms with E-state index in [-0.39, 0.29) is 6.10 Å². The molecule has 6 heavy (non-hydrogen) atoms. The van der Waals surface area contributed by atoms with Crippen LogP contribution in [-0.2, 0) is 3.80 Å². The zero-order valence-electron chi connectivity index (χ0n) is 4.01. The van der Waals surface area contributed by atoms with Gasteiger partial charge in [0.1, 0.15) is 0 Å². The van der Waals surface area contributed by atoms with Gasteiger partial charge in [-0.3, -0.25) is 0 Å². The second kappa shape index (κ2) is 9.00. The number of aliphatic hydroxyl groups excluding tert-OH is 1. The third-order valence-corrected chi connectivity index (χ3v) is 0. The molecule has 35 valence electrons. The van der Waals surface area contributed by atoms with E-state index in [9.17, 15) is 0 Å². The molecule has 1 N–H and O–H groups in total. The zero-order chi connectivity index (χ0) is 5.58. The quantitative estimate of drug-likeness (QED) is 0.434. The van der Waals surface area contributed by atoms with Crippen molar-refractivity contribution in [3.05, 3.63) is 0 Å². The Morgan fingerprint density at radius 2 is 1.50 bits per heavy atom. The fourth-order valence-electron chi connectivity index (χ4n) is 0. The molecule has 0 aromatic heterocycles. The minimum absolute atomic E-state index is 0.167. The molecule has 0 heterocycles. The Morgan fingerprint density at radius 1 is 1.50 bits per heavy atom. The zero-order valence-corrected chi connectivity index (χ0v) is 5.16. The molecule has 0 fully saturated rings. The predicted octanol–water partition coefficient (Wildman–Crippen LogP) is -0.112. The van der Waals surface area contributed by atoms with E-state index in [1.165, 1.54) is 16.2 Å². The van der Waals surface area contributed by atoms with Crippen molar-refractivity contribution in [3.63, 3.8) is 0 Å². The number of aliphatic hydroxyl groups is 1. The maximum absolute atomic E-state index is 8.17. The number of hydrogen-bond acceptors (Lipinski definition) is 2. The van der Waals surface area contributed by atoms with Gasteiger partial charge in [-0.15, -0.1) is 0 Å². The Labute approximate surface area is 45.8 Å². The molecule has 2 nitrogen and oxygen atoms in total. The molecule has 0 saturated heterocycles. The van der Waals surface area contributed by atoms with Gasteiger partial charge in [-0.1, -0.05) is 0 Å². The molecular formula is C3H8AlO2. The van der Waals surface area contributed by atoms with Crippen LogP contribution in [-0.4, -0.2) is 27.4 Å². The molecule has 0 amide bonds. The van der Waals surface area contributed by atoms with E-state index in [4.69, 9.17) is 8.91 Å². The first kappa shape index (κ1) is 9.57. The summed E-state index contributed by atoms with van der Waals surface area (Å²) in [4.78, 5) is 0. The van der Waals surface area contributed by atoms with Crippen LogP contribution < -0.4 is 0 Å². The van der Waals surface area contributed by atoms with Crippen LogP contribution in [0.1, 0.15) is 13.8 Å². The van der Waals surface area contributed by atoms with Crippen LogP contribution in [0.5, 0.6) is 0 Å². The molecule has 0 rings (SSSR count). The van der Waals surface area contributed by atoms with E-state index >= 15 is 0 Å². The van der Waals surface area contributed by atoms with Crippen molar-refractivity contribution >= 4 is 16.2 Å². The van der Waals surface area contributed by atoms with Gasteiger partial charge in [0.05, 0.1) is 0 Å². The van der Waals surface area contributed by atoms with E-state index in [0.29, 0.717) is 0 Å². The molecule has 0 unspecified atom stereocenters. The first-order valence-electron chi connectivity index (χ1n) is 1.65. The Hall–Kier alpha value is 0.292.